The Bertz CT molecular complexity index is 502. The number of hydrogen-bond donors (Lipinski definition) is 1. The minimum atomic E-state index is -0.513. The van der Waals surface area contributed by atoms with Gasteiger partial charge in [-0.25, -0.2) is 9.78 Å². The van der Waals surface area contributed by atoms with Crippen LogP contribution in [0.2, 0.25) is 0 Å². The highest BCUT2D eigenvalue weighted by Gasteiger charge is 2.22. The van der Waals surface area contributed by atoms with E-state index in [-0.39, 0.29) is 5.91 Å². The number of anilines is 1. The average Bonchev–Trinajstić information content (AvgIpc) is 2.36. The van der Waals surface area contributed by atoms with Crippen LogP contribution in [0.5, 0.6) is 0 Å². The number of methoxy groups -OCH3 is 1. The molecule has 0 fully saturated rings. The zero-order valence-electron chi connectivity index (χ0n) is 11.6. The lowest BCUT2D eigenvalue weighted by Gasteiger charge is -2.17. The fourth-order valence-corrected chi connectivity index (χ4v) is 1.18. The van der Waals surface area contributed by atoms with Crippen molar-refractivity contribution in [2.45, 2.75) is 20.8 Å². The van der Waals surface area contributed by atoms with Gasteiger partial charge in [0.15, 0.2) is 0 Å². The number of hydrogen-bond acceptors (Lipinski definition) is 4. The van der Waals surface area contributed by atoms with E-state index in [1.54, 1.807) is 24.4 Å². The Morgan fingerprint density at radius 1 is 1.37 bits per heavy atom. The van der Waals surface area contributed by atoms with Crippen LogP contribution in [0.25, 0.3) is 6.08 Å². The maximum atomic E-state index is 11.9. The van der Waals surface area contributed by atoms with Gasteiger partial charge >= 0.3 is 5.97 Å². The fraction of sp³-hybridized carbons (Fsp3) is 0.357. The maximum absolute atomic E-state index is 11.9. The summed E-state index contributed by atoms with van der Waals surface area (Å²) in [5.74, 6) is -0.182. The predicted molar refractivity (Wildman–Crippen MR) is 73.4 cm³/mol. The number of aromatic nitrogens is 1. The number of rotatable bonds is 3. The van der Waals surface area contributed by atoms with E-state index in [1.807, 2.05) is 20.8 Å². The van der Waals surface area contributed by atoms with E-state index in [0.29, 0.717) is 11.4 Å². The summed E-state index contributed by atoms with van der Waals surface area (Å²) >= 11 is 0. The largest absolute Gasteiger partial charge is 0.466 e. The highest BCUT2D eigenvalue weighted by Crippen LogP contribution is 2.19. The van der Waals surface area contributed by atoms with E-state index < -0.39 is 11.4 Å². The van der Waals surface area contributed by atoms with Crippen molar-refractivity contribution >= 4 is 23.8 Å². The topological polar surface area (TPSA) is 68.3 Å². The number of amides is 1. The van der Waals surface area contributed by atoms with Crippen molar-refractivity contribution in [3.8, 4) is 0 Å². The number of nitrogens with one attached hydrogen (secondary N) is 1. The van der Waals surface area contributed by atoms with Crippen molar-refractivity contribution < 1.29 is 14.3 Å². The predicted octanol–water partition coefficient (Wildman–Crippen LogP) is 2.25. The van der Waals surface area contributed by atoms with E-state index in [4.69, 9.17) is 0 Å². The zero-order chi connectivity index (χ0) is 14.5. The molecule has 19 heavy (non-hydrogen) atoms. The quantitative estimate of drug-likeness (QED) is 0.670. The van der Waals surface area contributed by atoms with Gasteiger partial charge in [0, 0.05) is 23.3 Å². The maximum Gasteiger partial charge on any atom is 0.330 e. The highest BCUT2D eigenvalue weighted by atomic mass is 16.5. The molecule has 5 nitrogen and oxygen atoms in total. The molecule has 1 rings (SSSR count). The first-order chi connectivity index (χ1) is 8.84. The lowest BCUT2D eigenvalue weighted by Crippen LogP contribution is -2.28. The van der Waals surface area contributed by atoms with Crippen LogP contribution >= 0.6 is 0 Å². The summed E-state index contributed by atoms with van der Waals surface area (Å²) in [5, 5.41) is 2.74. The summed E-state index contributed by atoms with van der Waals surface area (Å²) in [5.41, 5.74) is 0.131. The SMILES string of the molecule is COC(=O)C=Cc1cccnc1NC(=O)C(C)(C)C. The third-order valence-corrected chi connectivity index (χ3v) is 2.35. The van der Waals surface area contributed by atoms with Crippen molar-refractivity contribution in [3.63, 3.8) is 0 Å². The molecule has 1 aromatic heterocycles. The first-order valence-electron chi connectivity index (χ1n) is 5.87. The van der Waals surface area contributed by atoms with Crippen molar-refractivity contribution in [1.29, 1.82) is 0 Å². The van der Waals surface area contributed by atoms with Gasteiger partial charge in [0.1, 0.15) is 5.82 Å². The van der Waals surface area contributed by atoms with Crippen molar-refractivity contribution in [2.75, 3.05) is 12.4 Å². The Hall–Kier alpha value is -2.17. The molecular weight excluding hydrogens is 244 g/mol. The van der Waals surface area contributed by atoms with E-state index >= 15 is 0 Å². The molecule has 0 radical (unpaired) electrons. The van der Waals surface area contributed by atoms with Crippen LogP contribution in [-0.2, 0) is 14.3 Å². The molecule has 0 saturated heterocycles. The molecule has 102 valence electrons. The van der Waals surface area contributed by atoms with Crippen LogP contribution in [0.4, 0.5) is 5.82 Å². The number of carbonyl (C=O) groups is 2. The van der Waals surface area contributed by atoms with Gasteiger partial charge in [-0.3, -0.25) is 4.79 Å². The standard InChI is InChI=1S/C14H18N2O3/c1-14(2,3)13(18)16-12-10(6-5-9-15-12)7-8-11(17)19-4/h5-9H,1-4H3,(H,15,16,18). The molecule has 1 heterocycles. The van der Waals surface area contributed by atoms with Gasteiger partial charge in [-0.1, -0.05) is 20.8 Å². The summed E-state index contributed by atoms with van der Waals surface area (Å²) in [7, 11) is 1.30. The Labute approximate surface area is 112 Å². The zero-order valence-corrected chi connectivity index (χ0v) is 11.6. The van der Waals surface area contributed by atoms with Crippen molar-refractivity contribution in [3.05, 3.63) is 30.0 Å². The van der Waals surface area contributed by atoms with Gasteiger partial charge in [-0.15, -0.1) is 0 Å². The van der Waals surface area contributed by atoms with Gasteiger partial charge in [-0.05, 0) is 18.2 Å². The Morgan fingerprint density at radius 2 is 2.05 bits per heavy atom. The number of pyridine rings is 1. The lowest BCUT2D eigenvalue weighted by atomic mass is 9.95. The minimum absolute atomic E-state index is 0.140. The Balaban J connectivity index is 2.94. The van der Waals surface area contributed by atoms with Gasteiger partial charge in [0.25, 0.3) is 0 Å². The van der Waals surface area contributed by atoms with Crippen LogP contribution in [0.3, 0.4) is 0 Å². The van der Waals surface area contributed by atoms with Crippen molar-refractivity contribution in [2.24, 2.45) is 5.41 Å². The lowest BCUT2D eigenvalue weighted by molar-refractivity contribution is -0.134. The Morgan fingerprint density at radius 3 is 2.63 bits per heavy atom. The normalized spacial score (nSPS) is 11.4. The molecule has 0 aliphatic heterocycles. The van der Waals surface area contributed by atoms with E-state index in [9.17, 15) is 9.59 Å². The van der Waals surface area contributed by atoms with E-state index in [2.05, 4.69) is 15.0 Å². The molecule has 0 unspecified atom stereocenters. The smallest absolute Gasteiger partial charge is 0.330 e. The molecule has 1 amide bonds. The number of carbonyl (C=O) groups excluding carboxylic acids is 2. The number of esters is 1. The summed E-state index contributed by atoms with van der Waals surface area (Å²) in [4.78, 5) is 27.1. The summed E-state index contributed by atoms with van der Waals surface area (Å²) in [6.45, 7) is 5.44. The van der Waals surface area contributed by atoms with Crippen LogP contribution in [0.15, 0.2) is 24.4 Å². The minimum Gasteiger partial charge on any atom is -0.466 e. The van der Waals surface area contributed by atoms with Crippen LogP contribution < -0.4 is 5.32 Å². The molecular formula is C14H18N2O3. The second-order valence-electron chi connectivity index (χ2n) is 5.00. The van der Waals surface area contributed by atoms with Gasteiger partial charge in [0.2, 0.25) is 5.91 Å². The molecule has 0 bridgehead atoms. The molecule has 0 atom stereocenters. The highest BCUT2D eigenvalue weighted by molar-refractivity contribution is 5.96. The van der Waals surface area contributed by atoms with Crippen molar-refractivity contribution in [1.82, 2.24) is 4.98 Å². The van der Waals surface area contributed by atoms with Crippen LogP contribution in [0, 0.1) is 5.41 Å². The molecule has 0 aliphatic rings. The fourth-order valence-electron chi connectivity index (χ4n) is 1.18. The van der Waals surface area contributed by atoms with Gasteiger partial charge in [-0.2, -0.15) is 0 Å². The number of ether oxygens (including phenoxy) is 1. The second kappa shape index (κ2) is 6.13. The second-order valence-corrected chi connectivity index (χ2v) is 5.00. The van der Waals surface area contributed by atoms with Gasteiger partial charge < -0.3 is 10.1 Å². The average molecular weight is 262 g/mol. The van der Waals surface area contributed by atoms with Crippen LogP contribution in [-0.4, -0.2) is 24.0 Å². The summed E-state index contributed by atoms with van der Waals surface area (Å²) in [6.07, 6.45) is 4.41. The monoisotopic (exact) mass is 262 g/mol. The molecule has 5 heteroatoms. The molecule has 0 saturated carbocycles. The van der Waals surface area contributed by atoms with Crippen LogP contribution in [0.1, 0.15) is 26.3 Å². The van der Waals surface area contributed by atoms with Gasteiger partial charge in [0.05, 0.1) is 7.11 Å². The number of nitrogens with zero attached hydrogens (tertiary/aromatic N) is 1. The first-order valence-corrected chi connectivity index (χ1v) is 5.87. The third-order valence-electron chi connectivity index (χ3n) is 2.35. The third kappa shape index (κ3) is 4.54. The Kier molecular flexibility index (Phi) is 4.80. The molecule has 1 aromatic rings. The molecule has 0 spiro atoms. The first kappa shape index (κ1) is 14.9. The molecule has 1 N–H and O–H groups in total. The van der Waals surface area contributed by atoms with E-state index in [0.717, 1.165) is 0 Å². The molecule has 0 aromatic carbocycles. The van der Waals surface area contributed by atoms with E-state index in [1.165, 1.54) is 13.2 Å². The summed E-state index contributed by atoms with van der Waals surface area (Å²) in [6, 6.07) is 3.48. The summed E-state index contributed by atoms with van der Waals surface area (Å²) < 4.78 is 4.51. The molecule has 0 aliphatic carbocycles.